The van der Waals surface area contributed by atoms with Gasteiger partial charge in [0.05, 0.1) is 0 Å². The third kappa shape index (κ3) is 1.71. The van der Waals surface area contributed by atoms with E-state index in [1.165, 1.54) is 0 Å². The Bertz CT molecular complexity index is 1930. The van der Waals surface area contributed by atoms with Gasteiger partial charge < -0.3 is 0 Å². The van der Waals surface area contributed by atoms with Crippen LogP contribution in [0.5, 0.6) is 0 Å². The van der Waals surface area contributed by atoms with Crippen molar-refractivity contribution in [2.24, 2.45) is 0 Å². The summed E-state index contributed by atoms with van der Waals surface area (Å²) in [6, 6.07) is 27.7. The van der Waals surface area contributed by atoms with Crippen LogP contribution in [0, 0.1) is 0 Å². The van der Waals surface area contributed by atoms with Gasteiger partial charge in [0.1, 0.15) is 0 Å². The van der Waals surface area contributed by atoms with E-state index in [0.29, 0.717) is 0 Å². The molecule has 0 aliphatic heterocycles. The third-order valence-electron chi connectivity index (χ3n) is 6.55. The Balaban J connectivity index is 2.00. The van der Waals surface area contributed by atoms with Crippen LogP contribution in [0.3, 0.4) is 0 Å². The Morgan fingerprint density at radius 1 is 0.300 bits per heavy atom. The van der Waals surface area contributed by atoms with Gasteiger partial charge in [0.2, 0.25) is 0 Å². The summed E-state index contributed by atoms with van der Waals surface area (Å²) >= 11 is 0. The van der Waals surface area contributed by atoms with Gasteiger partial charge >= 0.3 is 0 Å². The summed E-state index contributed by atoms with van der Waals surface area (Å²) in [6.07, 6.45) is 0. The molecule has 0 fully saturated rings. The summed E-state index contributed by atoms with van der Waals surface area (Å²) < 4.78 is 0. The van der Waals surface area contributed by atoms with Crippen molar-refractivity contribution >= 4 is 64.6 Å². The molecule has 0 atom stereocenters. The smallest absolute Gasteiger partial charge is 0.194 e. The van der Waals surface area contributed by atoms with Gasteiger partial charge in [-0.25, -0.2) is 0 Å². The standard InChI is InChI=1S/C28H14O2/c29-27-20-11-5-3-9-17(20)23-22(27)14-13-19-15-7-1-2-8-16(15)26-25(24(19)23)18-10-4-6-12-21(18)28(26)30/h1-14H. The van der Waals surface area contributed by atoms with Crippen LogP contribution in [0.1, 0.15) is 0 Å². The summed E-state index contributed by atoms with van der Waals surface area (Å²) in [7, 11) is 0. The average Bonchev–Trinajstić information content (AvgIpc) is 3.27. The number of fused-ring (bicyclic) bond motifs is 12. The van der Waals surface area contributed by atoms with Crippen molar-refractivity contribution in [1.29, 1.82) is 0 Å². The Morgan fingerprint density at radius 2 is 0.700 bits per heavy atom. The molecule has 0 saturated carbocycles. The van der Waals surface area contributed by atoms with Crippen molar-refractivity contribution in [3.05, 3.63) is 105 Å². The highest BCUT2D eigenvalue weighted by Crippen LogP contribution is 2.42. The highest BCUT2D eigenvalue weighted by Gasteiger charge is 2.21. The van der Waals surface area contributed by atoms with Crippen LogP contribution in [-0.4, -0.2) is 0 Å². The molecule has 0 heterocycles. The zero-order chi connectivity index (χ0) is 20.0. The van der Waals surface area contributed by atoms with Crippen LogP contribution in [0.2, 0.25) is 0 Å². The maximum atomic E-state index is 13.5. The molecule has 0 bridgehead atoms. The molecule has 0 aliphatic carbocycles. The summed E-state index contributed by atoms with van der Waals surface area (Å²) in [5, 5.41) is 10.9. The summed E-state index contributed by atoms with van der Waals surface area (Å²) in [6.45, 7) is 0. The van der Waals surface area contributed by atoms with Gasteiger partial charge in [0.15, 0.2) is 10.9 Å². The lowest BCUT2D eigenvalue weighted by Crippen LogP contribution is -1.95. The molecule has 0 saturated heterocycles. The summed E-state index contributed by atoms with van der Waals surface area (Å²) in [4.78, 5) is 26.6. The van der Waals surface area contributed by atoms with Crippen molar-refractivity contribution < 1.29 is 0 Å². The van der Waals surface area contributed by atoms with Gasteiger partial charge in [0, 0.05) is 32.3 Å². The Kier molecular flexibility index (Phi) is 2.80. The van der Waals surface area contributed by atoms with Crippen LogP contribution in [0.4, 0.5) is 0 Å². The molecule has 30 heavy (non-hydrogen) atoms. The minimum Gasteiger partial charge on any atom is -0.289 e. The van der Waals surface area contributed by atoms with E-state index in [9.17, 15) is 9.59 Å². The molecule has 0 amide bonds. The van der Waals surface area contributed by atoms with Gasteiger partial charge in [-0.15, -0.1) is 0 Å². The number of hydrogen-bond donors (Lipinski definition) is 0. The van der Waals surface area contributed by atoms with Gasteiger partial charge in [-0.2, -0.15) is 0 Å². The lowest BCUT2D eigenvalue weighted by atomic mass is 9.93. The quantitative estimate of drug-likeness (QED) is 0.293. The normalized spacial score (nSPS) is 12.3. The van der Waals surface area contributed by atoms with E-state index in [1.807, 2.05) is 78.9 Å². The van der Waals surface area contributed by atoms with Crippen LogP contribution in [-0.2, 0) is 0 Å². The number of rotatable bonds is 0. The van der Waals surface area contributed by atoms with E-state index >= 15 is 0 Å². The highest BCUT2D eigenvalue weighted by atomic mass is 16.1. The van der Waals surface area contributed by atoms with Crippen molar-refractivity contribution in [1.82, 2.24) is 0 Å². The van der Waals surface area contributed by atoms with Crippen molar-refractivity contribution in [2.75, 3.05) is 0 Å². The third-order valence-corrected chi connectivity index (χ3v) is 6.55. The van der Waals surface area contributed by atoms with Crippen molar-refractivity contribution in [3.63, 3.8) is 0 Å². The molecule has 0 radical (unpaired) electrons. The number of hydrogen-bond acceptors (Lipinski definition) is 2. The molecular weight excluding hydrogens is 368 g/mol. The second-order valence-corrected chi connectivity index (χ2v) is 7.96. The van der Waals surface area contributed by atoms with Crippen LogP contribution in [0.15, 0.2) is 94.5 Å². The fraction of sp³-hybridized carbons (Fsp3) is 0. The number of benzene rings is 5. The maximum Gasteiger partial charge on any atom is 0.194 e. The van der Waals surface area contributed by atoms with E-state index in [-0.39, 0.29) is 10.9 Å². The van der Waals surface area contributed by atoms with Crippen LogP contribution in [0.25, 0.3) is 64.6 Å². The molecule has 2 heteroatoms. The molecule has 0 aromatic heterocycles. The minimum atomic E-state index is 0.0574. The van der Waals surface area contributed by atoms with E-state index in [0.717, 1.165) is 64.6 Å². The first kappa shape index (κ1) is 15.8. The average molecular weight is 382 g/mol. The predicted octanol–water partition coefficient (Wildman–Crippen LogP) is 6.20. The molecule has 2 nitrogen and oxygen atoms in total. The van der Waals surface area contributed by atoms with Gasteiger partial charge in [0.25, 0.3) is 0 Å². The zero-order valence-corrected chi connectivity index (χ0v) is 15.9. The van der Waals surface area contributed by atoms with Gasteiger partial charge in [-0.05, 0) is 38.4 Å². The van der Waals surface area contributed by atoms with E-state index < -0.39 is 0 Å². The first-order chi connectivity index (χ1) is 14.8. The van der Waals surface area contributed by atoms with E-state index in [1.54, 1.807) is 0 Å². The zero-order valence-electron chi connectivity index (χ0n) is 15.9. The van der Waals surface area contributed by atoms with Gasteiger partial charge in [-0.1, -0.05) is 78.9 Å². The second kappa shape index (κ2) is 5.31. The fourth-order valence-corrected chi connectivity index (χ4v) is 5.33. The van der Waals surface area contributed by atoms with Gasteiger partial charge in [-0.3, -0.25) is 9.59 Å². The Morgan fingerprint density at radius 3 is 1.37 bits per heavy atom. The summed E-state index contributed by atoms with van der Waals surface area (Å²) in [5.41, 5.74) is 0.121. The molecule has 138 valence electrons. The first-order valence-electron chi connectivity index (χ1n) is 10.1. The molecular formula is C28H14O2. The van der Waals surface area contributed by atoms with Crippen molar-refractivity contribution in [2.45, 2.75) is 0 Å². The van der Waals surface area contributed by atoms with E-state index in [2.05, 4.69) is 6.07 Å². The molecule has 0 unspecified atom stereocenters. The van der Waals surface area contributed by atoms with Crippen molar-refractivity contribution in [3.8, 4) is 0 Å². The predicted molar refractivity (Wildman–Crippen MR) is 126 cm³/mol. The lowest BCUT2D eigenvalue weighted by molar-refractivity contribution is 1.79. The highest BCUT2D eigenvalue weighted by molar-refractivity contribution is 6.40. The first-order valence-corrected chi connectivity index (χ1v) is 10.1. The van der Waals surface area contributed by atoms with Crippen LogP contribution >= 0.6 is 0 Å². The van der Waals surface area contributed by atoms with E-state index in [4.69, 9.17) is 0 Å². The maximum absolute atomic E-state index is 13.5. The summed E-state index contributed by atoms with van der Waals surface area (Å²) in [5.74, 6) is 0. The molecule has 0 N–H and O–H groups in total. The fourth-order valence-electron chi connectivity index (χ4n) is 5.33. The Hall–Kier alpha value is -4.04. The molecule has 0 aliphatic rings. The largest absolute Gasteiger partial charge is 0.289 e. The molecule has 7 aromatic rings. The monoisotopic (exact) mass is 382 g/mol. The molecule has 0 spiro atoms. The molecule has 7 aromatic carbocycles. The lowest BCUT2D eigenvalue weighted by Gasteiger charge is -2.09. The second-order valence-electron chi connectivity index (χ2n) is 7.96. The van der Waals surface area contributed by atoms with Crippen LogP contribution < -0.4 is 10.9 Å². The topological polar surface area (TPSA) is 34.1 Å². The minimum absolute atomic E-state index is 0.0574. The SMILES string of the molecule is O=c1c2ccccc2c2c1ccc1c3ccccc3c3c(=O)c4ccccc4c3c12. The molecule has 7 rings (SSSR count). The Labute approximate surface area is 170 Å².